The van der Waals surface area contributed by atoms with Crippen molar-refractivity contribution in [2.45, 2.75) is 44.6 Å². The number of likely N-dealkylation sites (tertiary alicyclic amines) is 1. The zero-order chi connectivity index (χ0) is 12.5. The first-order valence-corrected chi connectivity index (χ1v) is 7.00. The number of aliphatic hydroxyl groups is 1. The van der Waals surface area contributed by atoms with Crippen LogP contribution in [0, 0.1) is 5.41 Å². The highest BCUT2D eigenvalue weighted by atomic mass is 16.3. The minimum absolute atomic E-state index is 0.570. The van der Waals surface area contributed by atoms with Crippen molar-refractivity contribution >= 4 is 0 Å². The molecule has 100 valence electrons. The van der Waals surface area contributed by atoms with Crippen molar-refractivity contribution in [1.82, 2.24) is 9.80 Å². The van der Waals surface area contributed by atoms with Gasteiger partial charge in [-0.2, -0.15) is 0 Å². The van der Waals surface area contributed by atoms with Crippen molar-refractivity contribution in [3.8, 4) is 0 Å². The average Bonchev–Trinajstić information content (AvgIpc) is 2.14. The van der Waals surface area contributed by atoms with Gasteiger partial charge in [-0.1, -0.05) is 19.3 Å². The molecule has 17 heavy (non-hydrogen) atoms. The van der Waals surface area contributed by atoms with Crippen molar-refractivity contribution in [1.29, 1.82) is 0 Å². The third-order valence-corrected chi connectivity index (χ3v) is 4.25. The molecule has 0 radical (unpaired) electrons. The van der Waals surface area contributed by atoms with Crippen LogP contribution in [0.25, 0.3) is 0 Å². The largest absolute Gasteiger partial charge is 0.388 e. The summed E-state index contributed by atoms with van der Waals surface area (Å²) in [5.74, 6) is 0. The molecule has 2 aliphatic rings. The molecule has 2 fully saturated rings. The molecule has 0 bridgehead atoms. The average molecular weight is 240 g/mol. The van der Waals surface area contributed by atoms with E-state index in [4.69, 9.17) is 0 Å². The summed E-state index contributed by atoms with van der Waals surface area (Å²) >= 11 is 0. The highest BCUT2D eigenvalue weighted by Gasteiger charge is 2.44. The molecule has 1 aliphatic carbocycles. The quantitative estimate of drug-likeness (QED) is 0.808. The van der Waals surface area contributed by atoms with E-state index in [2.05, 4.69) is 9.80 Å². The number of rotatable bonds is 4. The Balaban J connectivity index is 1.76. The van der Waals surface area contributed by atoms with Crippen LogP contribution in [0.3, 0.4) is 0 Å². The summed E-state index contributed by atoms with van der Waals surface area (Å²) in [5.41, 5.74) is 0.0617. The predicted molar refractivity (Wildman–Crippen MR) is 71.1 cm³/mol. The maximum atomic E-state index is 10.3. The van der Waals surface area contributed by atoms with Gasteiger partial charge in [0.1, 0.15) is 0 Å². The lowest BCUT2D eigenvalue weighted by Crippen LogP contribution is -2.61. The topological polar surface area (TPSA) is 26.7 Å². The molecular weight excluding hydrogens is 212 g/mol. The Labute approximate surface area is 106 Å². The van der Waals surface area contributed by atoms with E-state index in [1.165, 1.54) is 45.2 Å². The number of likely N-dealkylation sites (N-methyl/N-ethyl adjacent to an activating group) is 1. The number of β-amino-alcohol motifs (C(OH)–C–C–N with tert-alkyl or cyclic N) is 1. The van der Waals surface area contributed by atoms with Gasteiger partial charge in [-0.05, 0) is 39.3 Å². The van der Waals surface area contributed by atoms with Gasteiger partial charge >= 0.3 is 0 Å². The Bertz CT molecular complexity index is 249. The van der Waals surface area contributed by atoms with Crippen molar-refractivity contribution in [2.75, 3.05) is 40.3 Å². The van der Waals surface area contributed by atoms with Crippen molar-refractivity contribution in [2.24, 2.45) is 5.41 Å². The second-order valence-electron chi connectivity index (χ2n) is 6.94. The number of hydrogen-bond donors (Lipinski definition) is 1. The van der Waals surface area contributed by atoms with Gasteiger partial charge in [0.2, 0.25) is 0 Å². The third kappa shape index (κ3) is 3.43. The van der Waals surface area contributed by atoms with E-state index in [9.17, 15) is 5.11 Å². The first-order valence-electron chi connectivity index (χ1n) is 7.00. The zero-order valence-corrected chi connectivity index (χ0v) is 11.7. The molecule has 1 spiro atoms. The lowest BCUT2D eigenvalue weighted by atomic mass is 9.68. The minimum atomic E-state index is -0.570. The smallest absolute Gasteiger partial charge is 0.0871 e. The first kappa shape index (κ1) is 13.3. The van der Waals surface area contributed by atoms with Gasteiger partial charge in [-0.3, -0.25) is 4.90 Å². The van der Waals surface area contributed by atoms with E-state index in [0.717, 1.165) is 13.1 Å². The highest BCUT2D eigenvalue weighted by molar-refractivity contribution is 4.98. The molecule has 3 nitrogen and oxygen atoms in total. The van der Waals surface area contributed by atoms with Crippen molar-refractivity contribution in [3.05, 3.63) is 0 Å². The monoisotopic (exact) mass is 240 g/mol. The van der Waals surface area contributed by atoms with E-state index >= 15 is 0 Å². The standard InChI is InChI=1S/C14H28N2O/c1-13(17,9-15(2)3)10-16-11-14(12-16)7-5-4-6-8-14/h17H,4-12H2,1-3H3. The van der Waals surface area contributed by atoms with Gasteiger partial charge in [-0.25, -0.2) is 0 Å². The van der Waals surface area contributed by atoms with E-state index in [0.29, 0.717) is 5.41 Å². The van der Waals surface area contributed by atoms with Crippen LogP contribution in [0.5, 0.6) is 0 Å². The molecule has 1 heterocycles. The molecule has 1 aliphatic heterocycles. The molecular formula is C14H28N2O. The summed E-state index contributed by atoms with van der Waals surface area (Å²) in [6, 6.07) is 0. The summed E-state index contributed by atoms with van der Waals surface area (Å²) in [7, 11) is 4.04. The SMILES string of the molecule is CN(C)CC(C)(O)CN1CC2(CCCCC2)C1. The fourth-order valence-corrected chi connectivity index (χ4v) is 3.85. The van der Waals surface area contributed by atoms with Gasteiger partial charge in [-0.15, -0.1) is 0 Å². The van der Waals surface area contributed by atoms with Gasteiger partial charge in [0.25, 0.3) is 0 Å². The summed E-state index contributed by atoms with van der Waals surface area (Å²) in [6.45, 7) is 5.97. The van der Waals surface area contributed by atoms with Crippen molar-refractivity contribution < 1.29 is 5.11 Å². The van der Waals surface area contributed by atoms with E-state index in [1.807, 2.05) is 21.0 Å². The van der Waals surface area contributed by atoms with Gasteiger partial charge < -0.3 is 10.0 Å². The molecule has 1 saturated heterocycles. The van der Waals surface area contributed by atoms with Crippen LogP contribution in [0.4, 0.5) is 0 Å². The van der Waals surface area contributed by atoms with Crippen LogP contribution in [0.1, 0.15) is 39.0 Å². The van der Waals surface area contributed by atoms with Gasteiger partial charge in [0.15, 0.2) is 0 Å². The van der Waals surface area contributed by atoms with Crippen LogP contribution < -0.4 is 0 Å². The van der Waals surface area contributed by atoms with Gasteiger partial charge in [0, 0.05) is 26.2 Å². The minimum Gasteiger partial charge on any atom is -0.388 e. The Morgan fingerprint density at radius 3 is 2.29 bits per heavy atom. The fraction of sp³-hybridized carbons (Fsp3) is 1.00. The maximum Gasteiger partial charge on any atom is 0.0871 e. The Hall–Kier alpha value is -0.120. The van der Waals surface area contributed by atoms with Crippen LogP contribution in [-0.2, 0) is 0 Å². The van der Waals surface area contributed by atoms with E-state index < -0.39 is 5.60 Å². The molecule has 1 atom stereocenters. The molecule has 0 amide bonds. The summed E-state index contributed by atoms with van der Waals surface area (Å²) in [6.07, 6.45) is 7.10. The lowest BCUT2D eigenvalue weighted by molar-refractivity contribution is -0.0810. The number of nitrogens with zero attached hydrogens (tertiary/aromatic N) is 2. The van der Waals surface area contributed by atoms with Crippen molar-refractivity contribution in [3.63, 3.8) is 0 Å². The van der Waals surface area contributed by atoms with E-state index in [1.54, 1.807) is 0 Å². The lowest BCUT2D eigenvalue weighted by Gasteiger charge is -2.54. The molecule has 0 aromatic heterocycles. The second kappa shape index (κ2) is 4.87. The van der Waals surface area contributed by atoms with Crippen LogP contribution >= 0.6 is 0 Å². The Morgan fingerprint density at radius 2 is 1.76 bits per heavy atom. The molecule has 0 aromatic carbocycles. The maximum absolute atomic E-state index is 10.3. The Morgan fingerprint density at radius 1 is 1.18 bits per heavy atom. The fourth-order valence-electron chi connectivity index (χ4n) is 3.85. The van der Waals surface area contributed by atoms with Crippen LogP contribution in [0.15, 0.2) is 0 Å². The highest BCUT2D eigenvalue weighted by Crippen LogP contribution is 2.43. The first-order chi connectivity index (χ1) is 7.91. The summed E-state index contributed by atoms with van der Waals surface area (Å²) in [4.78, 5) is 4.50. The molecule has 0 aromatic rings. The normalized spacial score (nSPS) is 28.1. The summed E-state index contributed by atoms with van der Waals surface area (Å²) in [5, 5.41) is 10.3. The van der Waals surface area contributed by atoms with Gasteiger partial charge in [0.05, 0.1) is 5.60 Å². The molecule has 1 unspecified atom stereocenters. The van der Waals surface area contributed by atoms with E-state index in [-0.39, 0.29) is 0 Å². The molecule has 2 rings (SSSR count). The molecule has 1 saturated carbocycles. The van der Waals surface area contributed by atoms with Crippen LogP contribution in [-0.4, -0.2) is 60.8 Å². The number of hydrogen-bond acceptors (Lipinski definition) is 3. The zero-order valence-electron chi connectivity index (χ0n) is 11.7. The predicted octanol–water partition coefficient (Wildman–Crippen LogP) is 1.57. The molecule has 1 N–H and O–H groups in total. The Kier molecular flexibility index (Phi) is 3.81. The van der Waals surface area contributed by atoms with Crippen LogP contribution in [0.2, 0.25) is 0 Å². The molecule has 3 heteroatoms. The third-order valence-electron chi connectivity index (χ3n) is 4.25. The summed E-state index contributed by atoms with van der Waals surface area (Å²) < 4.78 is 0. The second-order valence-corrected chi connectivity index (χ2v) is 6.94.